The van der Waals surface area contributed by atoms with Gasteiger partial charge in [0.1, 0.15) is 0 Å². The maximum atomic E-state index is 12.5. The Morgan fingerprint density at radius 2 is 1.88 bits per heavy atom. The Kier molecular flexibility index (Phi) is 6.16. The van der Waals surface area contributed by atoms with Crippen molar-refractivity contribution in [2.75, 3.05) is 31.3 Å². The number of amides is 3. The molecule has 1 heterocycles. The van der Waals surface area contributed by atoms with Crippen molar-refractivity contribution in [3.05, 3.63) is 24.3 Å². The number of ether oxygens (including phenoxy) is 1. The molecule has 7 heteroatoms. The van der Waals surface area contributed by atoms with Crippen LogP contribution >= 0.6 is 0 Å². The molecule has 1 aliphatic rings. The third-order valence-electron chi connectivity index (χ3n) is 3.84. The SMILES string of the molecule is CC(C)[C@@H]1OCC[C@@H]1C(=O)Nc1cccc(NC(=O)NN(C)C)c1. The van der Waals surface area contributed by atoms with E-state index in [1.165, 1.54) is 0 Å². The van der Waals surface area contributed by atoms with Crippen LogP contribution in [0.5, 0.6) is 0 Å². The molecule has 24 heavy (non-hydrogen) atoms. The van der Waals surface area contributed by atoms with Crippen molar-refractivity contribution >= 4 is 23.3 Å². The van der Waals surface area contributed by atoms with Gasteiger partial charge in [0.2, 0.25) is 5.91 Å². The predicted molar refractivity (Wildman–Crippen MR) is 93.6 cm³/mol. The first-order valence-electron chi connectivity index (χ1n) is 8.14. The van der Waals surface area contributed by atoms with E-state index in [1.807, 2.05) is 0 Å². The van der Waals surface area contributed by atoms with Gasteiger partial charge in [0.25, 0.3) is 0 Å². The Morgan fingerprint density at radius 3 is 2.50 bits per heavy atom. The van der Waals surface area contributed by atoms with Gasteiger partial charge in [-0.3, -0.25) is 10.2 Å². The highest BCUT2D eigenvalue weighted by atomic mass is 16.5. The molecule has 2 atom stereocenters. The van der Waals surface area contributed by atoms with Crippen LogP contribution in [-0.2, 0) is 9.53 Å². The molecular weight excluding hydrogens is 308 g/mol. The van der Waals surface area contributed by atoms with Gasteiger partial charge in [0, 0.05) is 32.1 Å². The highest BCUT2D eigenvalue weighted by Gasteiger charge is 2.35. The molecule has 3 amide bonds. The van der Waals surface area contributed by atoms with Crippen LogP contribution in [0, 0.1) is 11.8 Å². The number of benzene rings is 1. The number of nitrogens with one attached hydrogen (secondary N) is 3. The van der Waals surface area contributed by atoms with Crippen LogP contribution in [0.3, 0.4) is 0 Å². The van der Waals surface area contributed by atoms with Crippen LogP contribution in [0.1, 0.15) is 20.3 Å². The Morgan fingerprint density at radius 1 is 1.21 bits per heavy atom. The van der Waals surface area contributed by atoms with Crippen LogP contribution in [0.15, 0.2) is 24.3 Å². The van der Waals surface area contributed by atoms with E-state index in [4.69, 9.17) is 4.74 Å². The Balaban J connectivity index is 1.99. The van der Waals surface area contributed by atoms with Crippen molar-refractivity contribution < 1.29 is 14.3 Å². The molecule has 7 nitrogen and oxygen atoms in total. The number of urea groups is 1. The molecule has 0 aromatic heterocycles. The summed E-state index contributed by atoms with van der Waals surface area (Å²) in [5.41, 5.74) is 3.85. The smallest absolute Gasteiger partial charge is 0.333 e. The molecule has 1 fully saturated rings. The van der Waals surface area contributed by atoms with Crippen LogP contribution in [0.25, 0.3) is 0 Å². The Hall–Kier alpha value is -2.12. The zero-order valence-electron chi connectivity index (χ0n) is 14.6. The summed E-state index contributed by atoms with van der Waals surface area (Å²) in [6.45, 7) is 4.74. The summed E-state index contributed by atoms with van der Waals surface area (Å²) in [4.78, 5) is 24.2. The van der Waals surface area contributed by atoms with Gasteiger partial charge in [-0.2, -0.15) is 0 Å². The largest absolute Gasteiger partial charge is 0.377 e. The minimum atomic E-state index is -0.340. The van der Waals surface area contributed by atoms with Gasteiger partial charge >= 0.3 is 6.03 Å². The predicted octanol–water partition coefficient (Wildman–Crippen LogP) is 2.28. The molecule has 1 saturated heterocycles. The van der Waals surface area contributed by atoms with E-state index < -0.39 is 0 Å². The standard InChI is InChI=1S/C17H26N4O3/c1-11(2)15-14(8-9-24-15)16(22)18-12-6-5-7-13(10-12)19-17(23)20-21(3)4/h5-7,10-11,14-15H,8-9H2,1-4H3,(H,18,22)(H2,19,20,23)/t14-,15-/m0/s1. The number of hydrogen-bond acceptors (Lipinski definition) is 4. The number of hydrogen-bond donors (Lipinski definition) is 3. The van der Waals surface area contributed by atoms with Crippen LogP contribution < -0.4 is 16.1 Å². The van der Waals surface area contributed by atoms with Crippen LogP contribution in [-0.4, -0.2) is 43.8 Å². The second kappa shape index (κ2) is 8.12. The van der Waals surface area contributed by atoms with Crippen LogP contribution in [0.2, 0.25) is 0 Å². The van der Waals surface area contributed by atoms with Crippen molar-refractivity contribution in [1.82, 2.24) is 10.4 Å². The number of carbonyl (C=O) groups excluding carboxylic acids is 2. The fourth-order valence-corrected chi connectivity index (χ4v) is 2.82. The quantitative estimate of drug-likeness (QED) is 0.722. The third-order valence-corrected chi connectivity index (χ3v) is 3.84. The zero-order chi connectivity index (χ0) is 17.7. The lowest BCUT2D eigenvalue weighted by molar-refractivity contribution is -0.122. The first kappa shape index (κ1) is 18.2. The zero-order valence-corrected chi connectivity index (χ0v) is 14.6. The summed E-state index contributed by atoms with van der Waals surface area (Å²) < 4.78 is 5.67. The maximum Gasteiger partial charge on any atom is 0.333 e. The van der Waals surface area contributed by atoms with Crippen molar-refractivity contribution in [3.8, 4) is 0 Å². The molecule has 0 spiro atoms. The molecule has 0 radical (unpaired) electrons. The maximum absolute atomic E-state index is 12.5. The number of nitrogens with zero attached hydrogens (tertiary/aromatic N) is 1. The van der Waals surface area contributed by atoms with E-state index in [2.05, 4.69) is 29.9 Å². The van der Waals surface area contributed by atoms with Gasteiger partial charge in [0.05, 0.1) is 12.0 Å². The molecule has 132 valence electrons. The Labute approximate surface area is 142 Å². The molecule has 1 aliphatic heterocycles. The van der Waals surface area contributed by atoms with Crippen molar-refractivity contribution in [2.24, 2.45) is 11.8 Å². The fraction of sp³-hybridized carbons (Fsp3) is 0.529. The van der Waals surface area contributed by atoms with E-state index in [0.29, 0.717) is 23.9 Å². The number of rotatable bonds is 5. The normalized spacial score (nSPS) is 20.2. The molecule has 1 aromatic carbocycles. The minimum Gasteiger partial charge on any atom is -0.377 e. The van der Waals surface area contributed by atoms with Gasteiger partial charge in [-0.25, -0.2) is 9.80 Å². The molecular formula is C17H26N4O3. The highest BCUT2D eigenvalue weighted by Crippen LogP contribution is 2.28. The van der Waals surface area contributed by atoms with Gasteiger partial charge in [-0.15, -0.1) is 0 Å². The van der Waals surface area contributed by atoms with Gasteiger partial charge in [-0.1, -0.05) is 19.9 Å². The van der Waals surface area contributed by atoms with Gasteiger partial charge in [0.15, 0.2) is 0 Å². The summed E-state index contributed by atoms with van der Waals surface area (Å²) in [6.07, 6.45) is 0.690. The van der Waals surface area contributed by atoms with Gasteiger partial charge in [-0.05, 0) is 30.5 Å². The lowest BCUT2D eigenvalue weighted by atomic mass is 9.92. The van der Waals surface area contributed by atoms with Crippen LogP contribution in [0.4, 0.5) is 16.2 Å². The Bertz CT molecular complexity index is 589. The summed E-state index contributed by atoms with van der Waals surface area (Å²) >= 11 is 0. The minimum absolute atomic E-state index is 0.0407. The van der Waals surface area contributed by atoms with Crippen molar-refractivity contribution in [1.29, 1.82) is 0 Å². The second-order valence-corrected chi connectivity index (χ2v) is 6.51. The van der Waals surface area contributed by atoms with Crippen molar-refractivity contribution in [2.45, 2.75) is 26.4 Å². The molecule has 3 N–H and O–H groups in total. The number of carbonyl (C=O) groups is 2. The second-order valence-electron chi connectivity index (χ2n) is 6.51. The van der Waals surface area contributed by atoms with Crippen molar-refractivity contribution in [3.63, 3.8) is 0 Å². The van der Waals surface area contributed by atoms with Gasteiger partial charge < -0.3 is 15.4 Å². The summed E-state index contributed by atoms with van der Waals surface area (Å²) in [6, 6.07) is 6.74. The highest BCUT2D eigenvalue weighted by molar-refractivity contribution is 5.95. The first-order valence-corrected chi connectivity index (χ1v) is 8.14. The lowest BCUT2D eigenvalue weighted by Crippen LogP contribution is -2.39. The average molecular weight is 334 g/mol. The average Bonchev–Trinajstić information content (AvgIpc) is 2.96. The lowest BCUT2D eigenvalue weighted by Gasteiger charge is -2.21. The number of hydrazine groups is 1. The monoisotopic (exact) mass is 334 g/mol. The van der Waals surface area contributed by atoms with E-state index in [-0.39, 0.29) is 24.0 Å². The molecule has 0 aliphatic carbocycles. The summed E-state index contributed by atoms with van der Waals surface area (Å²) in [5, 5.41) is 7.19. The topological polar surface area (TPSA) is 82.7 Å². The molecule has 0 bridgehead atoms. The van der Waals surface area contributed by atoms with E-state index in [9.17, 15) is 9.59 Å². The number of anilines is 2. The fourth-order valence-electron chi connectivity index (χ4n) is 2.82. The molecule has 0 unspecified atom stereocenters. The van der Waals surface area contributed by atoms with E-state index in [0.717, 1.165) is 6.42 Å². The summed E-state index contributed by atoms with van der Waals surface area (Å²) in [5.74, 6) is 0.116. The molecule has 0 saturated carbocycles. The molecule has 1 aromatic rings. The first-order chi connectivity index (χ1) is 11.4. The van der Waals surface area contributed by atoms with E-state index >= 15 is 0 Å². The summed E-state index contributed by atoms with van der Waals surface area (Å²) in [7, 11) is 3.45. The third kappa shape index (κ3) is 4.94. The molecule has 2 rings (SSSR count). The van der Waals surface area contributed by atoms with E-state index in [1.54, 1.807) is 43.4 Å².